The summed E-state index contributed by atoms with van der Waals surface area (Å²) in [5.41, 5.74) is 0. The Morgan fingerprint density at radius 3 is 1.87 bits per heavy atom. The molecule has 0 unspecified atom stereocenters. The molecule has 23 heavy (non-hydrogen) atoms. The first kappa shape index (κ1) is 20.5. The topological polar surface area (TPSA) is 82.5 Å². The predicted molar refractivity (Wildman–Crippen MR) is 91.1 cm³/mol. The standard InChI is InChI=1S/C13H25N5O3S2/c1-18(2)4-5-19-6-7-20-8-9-21-10-11-23-13-16-14-12(22-3)15-17-13/h4-11H2,1-3H3. The van der Waals surface area contributed by atoms with E-state index in [0.717, 1.165) is 18.9 Å². The number of hydrogen-bond donors (Lipinski definition) is 0. The molecule has 0 amide bonds. The highest BCUT2D eigenvalue weighted by atomic mass is 32.2. The number of rotatable bonds is 14. The number of likely N-dealkylation sites (N-methyl/N-ethyl adjacent to an activating group) is 1. The van der Waals surface area contributed by atoms with Gasteiger partial charge in [0.1, 0.15) is 0 Å². The van der Waals surface area contributed by atoms with Crippen molar-refractivity contribution in [3.63, 3.8) is 0 Å². The zero-order chi connectivity index (χ0) is 16.8. The molecule has 0 saturated carbocycles. The largest absolute Gasteiger partial charge is 0.378 e. The summed E-state index contributed by atoms with van der Waals surface area (Å²) in [7, 11) is 4.04. The van der Waals surface area contributed by atoms with Crippen molar-refractivity contribution in [3.8, 4) is 0 Å². The third-order valence-electron chi connectivity index (χ3n) is 2.51. The third-order valence-corrected chi connectivity index (χ3v) is 3.83. The second-order valence-electron chi connectivity index (χ2n) is 4.66. The molecule has 0 aliphatic carbocycles. The lowest BCUT2D eigenvalue weighted by molar-refractivity contribution is 0.0150. The lowest BCUT2D eigenvalue weighted by Gasteiger charge is -2.10. The van der Waals surface area contributed by atoms with Gasteiger partial charge in [0.15, 0.2) is 0 Å². The van der Waals surface area contributed by atoms with E-state index in [4.69, 9.17) is 14.2 Å². The SMILES string of the molecule is CSc1nnc(SCCOCCOCCOCCN(C)C)nn1. The molecule has 1 aromatic rings. The monoisotopic (exact) mass is 363 g/mol. The maximum absolute atomic E-state index is 5.47. The van der Waals surface area contributed by atoms with Crippen molar-refractivity contribution in [2.75, 3.05) is 72.3 Å². The summed E-state index contributed by atoms with van der Waals surface area (Å²) in [6.45, 7) is 4.63. The Balaban J connectivity index is 1.84. The molecule has 1 aromatic heterocycles. The van der Waals surface area contributed by atoms with Gasteiger partial charge in [-0.2, -0.15) is 0 Å². The summed E-state index contributed by atoms with van der Waals surface area (Å²) in [5.74, 6) is 0.760. The Bertz CT molecular complexity index is 398. The molecule has 132 valence electrons. The molecule has 0 atom stereocenters. The second-order valence-corrected chi connectivity index (χ2v) is 6.49. The first-order valence-corrected chi connectivity index (χ1v) is 9.55. The van der Waals surface area contributed by atoms with Crippen LogP contribution in [0.25, 0.3) is 0 Å². The van der Waals surface area contributed by atoms with Crippen LogP contribution in [0, 0.1) is 0 Å². The van der Waals surface area contributed by atoms with Crippen molar-refractivity contribution < 1.29 is 14.2 Å². The molecule has 1 heterocycles. The van der Waals surface area contributed by atoms with Crippen molar-refractivity contribution in [2.45, 2.75) is 10.3 Å². The molecule has 0 aliphatic heterocycles. The normalized spacial score (nSPS) is 11.3. The second kappa shape index (κ2) is 13.9. The van der Waals surface area contributed by atoms with Gasteiger partial charge in [-0.05, 0) is 20.4 Å². The van der Waals surface area contributed by atoms with E-state index in [1.165, 1.54) is 23.5 Å². The van der Waals surface area contributed by atoms with Crippen molar-refractivity contribution in [3.05, 3.63) is 0 Å². The van der Waals surface area contributed by atoms with E-state index in [0.29, 0.717) is 43.3 Å². The number of aromatic nitrogens is 4. The Morgan fingerprint density at radius 2 is 1.30 bits per heavy atom. The van der Waals surface area contributed by atoms with Crippen LogP contribution in [0.15, 0.2) is 10.3 Å². The first-order chi connectivity index (χ1) is 11.2. The van der Waals surface area contributed by atoms with Crippen LogP contribution in [0.4, 0.5) is 0 Å². The Morgan fingerprint density at radius 1 is 0.783 bits per heavy atom. The molecule has 8 nitrogen and oxygen atoms in total. The van der Waals surface area contributed by atoms with Gasteiger partial charge >= 0.3 is 0 Å². The highest BCUT2D eigenvalue weighted by molar-refractivity contribution is 7.99. The molecule has 0 N–H and O–H groups in total. The lowest BCUT2D eigenvalue weighted by atomic mass is 10.6. The maximum Gasteiger partial charge on any atom is 0.230 e. The van der Waals surface area contributed by atoms with Crippen molar-refractivity contribution in [1.82, 2.24) is 25.3 Å². The zero-order valence-electron chi connectivity index (χ0n) is 13.9. The van der Waals surface area contributed by atoms with Crippen molar-refractivity contribution in [1.29, 1.82) is 0 Å². The molecule has 0 spiro atoms. The number of ether oxygens (including phenoxy) is 3. The average Bonchev–Trinajstić information content (AvgIpc) is 2.56. The lowest BCUT2D eigenvalue weighted by Crippen LogP contribution is -2.19. The molecule has 0 radical (unpaired) electrons. The van der Waals surface area contributed by atoms with Crippen LogP contribution < -0.4 is 0 Å². The zero-order valence-corrected chi connectivity index (χ0v) is 15.6. The van der Waals surface area contributed by atoms with E-state index in [1.807, 2.05) is 20.4 Å². The van der Waals surface area contributed by atoms with E-state index >= 15 is 0 Å². The molecular weight excluding hydrogens is 338 g/mol. The number of thioether (sulfide) groups is 2. The van der Waals surface area contributed by atoms with Crippen LogP contribution >= 0.6 is 23.5 Å². The highest BCUT2D eigenvalue weighted by Gasteiger charge is 2.01. The Kier molecular flexibility index (Phi) is 12.4. The maximum atomic E-state index is 5.47. The van der Waals surface area contributed by atoms with Crippen LogP contribution in [0.3, 0.4) is 0 Å². The van der Waals surface area contributed by atoms with Gasteiger partial charge in [-0.3, -0.25) is 0 Å². The predicted octanol–water partition coefficient (Wildman–Crippen LogP) is 0.692. The van der Waals surface area contributed by atoms with Crippen LogP contribution in [0.2, 0.25) is 0 Å². The minimum Gasteiger partial charge on any atom is -0.378 e. The van der Waals surface area contributed by atoms with Crippen LogP contribution in [0.1, 0.15) is 0 Å². The van der Waals surface area contributed by atoms with E-state index in [-0.39, 0.29) is 0 Å². The van der Waals surface area contributed by atoms with Gasteiger partial charge in [0, 0.05) is 12.3 Å². The van der Waals surface area contributed by atoms with Gasteiger partial charge < -0.3 is 19.1 Å². The van der Waals surface area contributed by atoms with E-state index in [1.54, 1.807) is 0 Å². The summed E-state index contributed by atoms with van der Waals surface area (Å²) < 4.78 is 16.3. The van der Waals surface area contributed by atoms with Gasteiger partial charge in [0.25, 0.3) is 0 Å². The highest BCUT2D eigenvalue weighted by Crippen LogP contribution is 2.11. The summed E-state index contributed by atoms with van der Waals surface area (Å²) in [5, 5.41) is 16.9. The fourth-order valence-electron chi connectivity index (χ4n) is 1.33. The van der Waals surface area contributed by atoms with E-state index in [2.05, 4.69) is 25.3 Å². The minimum atomic E-state index is 0.567. The minimum absolute atomic E-state index is 0.567. The Hall–Kier alpha value is -0.520. The summed E-state index contributed by atoms with van der Waals surface area (Å²) in [4.78, 5) is 2.08. The van der Waals surface area contributed by atoms with Gasteiger partial charge in [0.2, 0.25) is 10.3 Å². The molecule has 1 rings (SSSR count). The molecule has 0 aromatic carbocycles. The Labute approximate surface area is 146 Å². The quantitative estimate of drug-likeness (QED) is 0.348. The van der Waals surface area contributed by atoms with Crippen LogP contribution in [-0.2, 0) is 14.2 Å². The van der Waals surface area contributed by atoms with E-state index < -0.39 is 0 Å². The van der Waals surface area contributed by atoms with Crippen LogP contribution in [-0.4, -0.2) is 97.6 Å². The van der Waals surface area contributed by atoms with Gasteiger partial charge in [-0.25, -0.2) is 0 Å². The molecule has 0 saturated heterocycles. The molecule has 0 bridgehead atoms. The smallest absolute Gasteiger partial charge is 0.230 e. The van der Waals surface area contributed by atoms with E-state index in [9.17, 15) is 0 Å². The fraction of sp³-hybridized carbons (Fsp3) is 0.846. The van der Waals surface area contributed by atoms with Crippen molar-refractivity contribution in [2.24, 2.45) is 0 Å². The average molecular weight is 364 g/mol. The van der Waals surface area contributed by atoms with Gasteiger partial charge in [0.05, 0.1) is 39.6 Å². The molecular formula is C13H25N5O3S2. The summed E-state index contributed by atoms with van der Waals surface area (Å²) in [6, 6.07) is 0. The third kappa shape index (κ3) is 11.6. The van der Waals surface area contributed by atoms with Crippen LogP contribution in [0.5, 0.6) is 0 Å². The van der Waals surface area contributed by atoms with Gasteiger partial charge in [-0.15, -0.1) is 20.4 Å². The summed E-state index contributed by atoms with van der Waals surface area (Å²) >= 11 is 2.89. The van der Waals surface area contributed by atoms with Crippen molar-refractivity contribution >= 4 is 23.5 Å². The first-order valence-electron chi connectivity index (χ1n) is 7.34. The molecule has 10 heteroatoms. The number of hydrogen-bond acceptors (Lipinski definition) is 10. The summed E-state index contributed by atoms with van der Waals surface area (Å²) in [6.07, 6.45) is 1.89. The number of nitrogens with zero attached hydrogens (tertiary/aromatic N) is 5. The van der Waals surface area contributed by atoms with Gasteiger partial charge in [-0.1, -0.05) is 23.5 Å². The molecule has 0 fully saturated rings. The fourth-order valence-corrected chi connectivity index (χ4v) is 2.16. The molecule has 0 aliphatic rings.